The maximum atomic E-state index is 10.6. The highest BCUT2D eigenvalue weighted by Crippen LogP contribution is 2.37. The van der Waals surface area contributed by atoms with Crippen molar-refractivity contribution in [1.82, 2.24) is 10.2 Å². The van der Waals surface area contributed by atoms with Gasteiger partial charge in [-0.15, -0.1) is 0 Å². The fraction of sp³-hybridized carbons (Fsp3) is 0.733. The summed E-state index contributed by atoms with van der Waals surface area (Å²) in [5, 5.41) is 18.9. The van der Waals surface area contributed by atoms with Crippen molar-refractivity contribution in [3.05, 3.63) is 23.0 Å². The Hall–Kier alpha value is -0.960. The third-order valence-corrected chi connectivity index (χ3v) is 4.10. The van der Waals surface area contributed by atoms with Gasteiger partial charge in [0.15, 0.2) is 0 Å². The maximum Gasteiger partial charge on any atom is 0.0837 e. The molecule has 0 spiro atoms. The van der Waals surface area contributed by atoms with Crippen LogP contribution in [0.15, 0.2) is 6.07 Å². The Balaban J connectivity index is 2.21. The van der Waals surface area contributed by atoms with Crippen molar-refractivity contribution in [2.75, 3.05) is 0 Å². The fourth-order valence-corrected chi connectivity index (χ4v) is 3.09. The molecule has 100 valence electrons. The van der Waals surface area contributed by atoms with Crippen LogP contribution in [0.25, 0.3) is 0 Å². The smallest absolute Gasteiger partial charge is 0.0837 e. The van der Waals surface area contributed by atoms with Gasteiger partial charge in [0, 0.05) is 5.56 Å². The van der Waals surface area contributed by atoms with Crippen molar-refractivity contribution in [3.63, 3.8) is 0 Å². The Labute approximate surface area is 110 Å². The minimum absolute atomic E-state index is 0.364. The number of hydrogen-bond acceptors (Lipinski definition) is 3. The molecule has 2 rings (SSSR count). The van der Waals surface area contributed by atoms with E-state index in [4.69, 9.17) is 0 Å². The number of aromatic nitrogens is 2. The van der Waals surface area contributed by atoms with Crippen LogP contribution in [-0.2, 0) is 6.42 Å². The average Bonchev–Trinajstić information content (AvgIpc) is 2.38. The molecule has 1 aromatic heterocycles. The van der Waals surface area contributed by atoms with Crippen LogP contribution in [-0.4, -0.2) is 15.3 Å². The van der Waals surface area contributed by atoms with Gasteiger partial charge in [0.05, 0.1) is 17.5 Å². The first-order valence-corrected chi connectivity index (χ1v) is 7.13. The molecule has 3 nitrogen and oxygen atoms in total. The van der Waals surface area contributed by atoms with Gasteiger partial charge in [-0.25, -0.2) is 0 Å². The summed E-state index contributed by atoms with van der Waals surface area (Å²) in [4.78, 5) is 0. The quantitative estimate of drug-likeness (QED) is 0.893. The van der Waals surface area contributed by atoms with Gasteiger partial charge in [-0.05, 0) is 44.1 Å². The predicted octanol–water partition coefficient (Wildman–Crippen LogP) is 3.21. The summed E-state index contributed by atoms with van der Waals surface area (Å²) in [5.74, 6) is 1.13. The summed E-state index contributed by atoms with van der Waals surface area (Å²) >= 11 is 0. The van der Waals surface area contributed by atoms with E-state index in [9.17, 15) is 5.11 Å². The van der Waals surface area contributed by atoms with Crippen LogP contribution in [0.3, 0.4) is 0 Å². The molecule has 0 aliphatic heterocycles. The molecule has 1 aliphatic rings. The summed E-state index contributed by atoms with van der Waals surface area (Å²) in [7, 11) is 0. The van der Waals surface area contributed by atoms with Gasteiger partial charge >= 0.3 is 0 Å². The molecule has 0 radical (unpaired) electrons. The monoisotopic (exact) mass is 248 g/mol. The summed E-state index contributed by atoms with van der Waals surface area (Å²) in [5.41, 5.74) is 2.85. The van der Waals surface area contributed by atoms with Crippen LogP contribution in [0.5, 0.6) is 0 Å². The first-order chi connectivity index (χ1) is 8.61. The lowest BCUT2D eigenvalue weighted by Crippen LogP contribution is -2.21. The standard InChI is InChI=1S/C15H24N2O/c1-4-14-13(9-11(3)16-17-14)15(18)12-7-5-6-10(2)8-12/h9-10,12,15,18H,4-8H2,1-3H3. The van der Waals surface area contributed by atoms with Crippen molar-refractivity contribution >= 4 is 0 Å². The van der Waals surface area contributed by atoms with Crippen molar-refractivity contribution in [1.29, 1.82) is 0 Å². The molecule has 1 N–H and O–H groups in total. The van der Waals surface area contributed by atoms with Gasteiger partial charge < -0.3 is 5.11 Å². The van der Waals surface area contributed by atoms with E-state index in [1.54, 1.807) is 0 Å². The molecule has 1 aromatic rings. The highest BCUT2D eigenvalue weighted by molar-refractivity contribution is 5.24. The molecule has 3 heteroatoms. The number of aryl methyl sites for hydroxylation is 2. The molecule has 1 fully saturated rings. The molecule has 1 aliphatic carbocycles. The van der Waals surface area contributed by atoms with E-state index in [0.717, 1.165) is 42.1 Å². The molecule has 18 heavy (non-hydrogen) atoms. The normalized spacial score (nSPS) is 26.0. The third-order valence-electron chi connectivity index (χ3n) is 4.10. The first-order valence-electron chi connectivity index (χ1n) is 7.13. The SMILES string of the molecule is CCc1nnc(C)cc1C(O)C1CCCC(C)C1. The molecule has 1 heterocycles. The van der Waals surface area contributed by atoms with Crippen molar-refractivity contribution in [3.8, 4) is 0 Å². The lowest BCUT2D eigenvalue weighted by atomic mass is 9.77. The number of aliphatic hydroxyl groups is 1. The molecule has 0 bridgehead atoms. The van der Waals surface area contributed by atoms with Crippen LogP contribution in [0.1, 0.15) is 62.6 Å². The predicted molar refractivity (Wildman–Crippen MR) is 72.2 cm³/mol. The zero-order valence-electron chi connectivity index (χ0n) is 11.7. The number of nitrogens with zero attached hydrogens (tertiary/aromatic N) is 2. The molecule has 1 saturated carbocycles. The minimum atomic E-state index is -0.364. The summed E-state index contributed by atoms with van der Waals surface area (Å²) in [6.45, 7) is 6.29. The number of hydrogen-bond donors (Lipinski definition) is 1. The lowest BCUT2D eigenvalue weighted by Gasteiger charge is -2.31. The van der Waals surface area contributed by atoms with E-state index in [2.05, 4.69) is 24.0 Å². The van der Waals surface area contributed by atoms with Gasteiger partial charge in [-0.3, -0.25) is 0 Å². The van der Waals surface area contributed by atoms with Crippen LogP contribution >= 0.6 is 0 Å². The minimum Gasteiger partial charge on any atom is -0.388 e. The molecule has 3 atom stereocenters. The second-order valence-corrected chi connectivity index (χ2v) is 5.72. The summed E-state index contributed by atoms with van der Waals surface area (Å²) < 4.78 is 0. The zero-order chi connectivity index (χ0) is 13.1. The first kappa shape index (κ1) is 13.5. The van der Waals surface area contributed by atoms with Gasteiger partial charge in [0.1, 0.15) is 0 Å². The van der Waals surface area contributed by atoms with E-state index in [-0.39, 0.29) is 6.10 Å². The number of rotatable bonds is 3. The Kier molecular flexibility index (Phi) is 4.33. The summed E-state index contributed by atoms with van der Waals surface area (Å²) in [6.07, 6.45) is 5.28. The second-order valence-electron chi connectivity index (χ2n) is 5.72. The highest BCUT2D eigenvalue weighted by atomic mass is 16.3. The van der Waals surface area contributed by atoms with Gasteiger partial charge in [-0.2, -0.15) is 10.2 Å². The molecule has 3 unspecified atom stereocenters. The topological polar surface area (TPSA) is 46.0 Å². The summed E-state index contributed by atoms with van der Waals surface area (Å²) in [6, 6.07) is 2.01. The maximum absolute atomic E-state index is 10.6. The van der Waals surface area contributed by atoms with Crippen molar-refractivity contribution in [2.24, 2.45) is 11.8 Å². The Bertz CT molecular complexity index is 405. The Morgan fingerprint density at radius 3 is 2.83 bits per heavy atom. The van der Waals surface area contributed by atoms with Crippen LogP contribution < -0.4 is 0 Å². The van der Waals surface area contributed by atoms with Crippen LogP contribution in [0.4, 0.5) is 0 Å². The highest BCUT2D eigenvalue weighted by Gasteiger charge is 2.28. The van der Waals surface area contributed by atoms with Crippen LogP contribution in [0, 0.1) is 18.8 Å². The van der Waals surface area contributed by atoms with Crippen molar-refractivity contribution in [2.45, 2.75) is 59.0 Å². The van der Waals surface area contributed by atoms with Gasteiger partial charge in [0.25, 0.3) is 0 Å². The van der Waals surface area contributed by atoms with Crippen molar-refractivity contribution < 1.29 is 5.11 Å². The molecule has 0 amide bonds. The fourth-order valence-electron chi connectivity index (χ4n) is 3.09. The molecular weight excluding hydrogens is 224 g/mol. The second kappa shape index (κ2) is 5.79. The van der Waals surface area contributed by atoms with E-state index >= 15 is 0 Å². The zero-order valence-corrected chi connectivity index (χ0v) is 11.7. The van der Waals surface area contributed by atoms with Gasteiger partial charge in [-0.1, -0.05) is 26.7 Å². The van der Waals surface area contributed by atoms with Crippen LogP contribution in [0.2, 0.25) is 0 Å². The third kappa shape index (κ3) is 2.89. The lowest BCUT2D eigenvalue weighted by molar-refractivity contribution is 0.0702. The van der Waals surface area contributed by atoms with E-state index < -0.39 is 0 Å². The average molecular weight is 248 g/mol. The Morgan fingerprint density at radius 1 is 1.39 bits per heavy atom. The largest absolute Gasteiger partial charge is 0.388 e. The van der Waals surface area contributed by atoms with Gasteiger partial charge in [0.2, 0.25) is 0 Å². The Morgan fingerprint density at radius 2 is 2.17 bits per heavy atom. The van der Waals surface area contributed by atoms with E-state index in [0.29, 0.717) is 5.92 Å². The van der Waals surface area contributed by atoms with E-state index in [1.165, 1.54) is 12.8 Å². The molecular formula is C15H24N2O. The number of aliphatic hydroxyl groups excluding tert-OH is 1. The molecule has 0 aromatic carbocycles. The molecule has 0 saturated heterocycles. The van der Waals surface area contributed by atoms with E-state index in [1.807, 2.05) is 13.0 Å².